The van der Waals surface area contributed by atoms with Crippen molar-refractivity contribution >= 4 is 17.4 Å². The average Bonchev–Trinajstić information content (AvgIpc) is 3.57. The number of hydrogen-bond acceptors (Lipinski definition) is 8. The highest BCUT2D eigenvalue weighted by atomic mass is 16.6. The van der Waals surface area contributed by atoms with E-state index in [0.717, 1.165) is 57.7 Å². The minimum absolute atomic E-state index is 0.0366. The SMILES string of the molecule is Cc1ccc(-c2cccc(-c3cn4c(N5CCC(C)(OCCOCC(C)OCc6ccccc6)CC5)c(C(OC(C)(C)C)C(=O)O)c(C)cc4n3)c2)c(O)c1. The van der Waals surface area contributed by atoms with Crippen molar-refractivity contribution in [1.29, 1.82) is 0 Å². The van der Waals surface area contributed by atoms with Crippen LogP contribution < -0.4 is 4.90 Å². The van der Waals surface area contributed by atoms with E-state index in [4.69, 9.17) is 23.9 Å². The largest absolute Gasteiger partial charge is 0.507 e. The van der Waals surface area contributed by atoms with E-state index in [1.807, 2.05) is 125 Å². The Morgan fingerprint density at radius 1 is 0.945 bits per heavy atom. The summed E-state index contributed by atoms with van der Waals surface area (Å²) in [6.07, 6.45) is 2.22. The fourth-order valence-corrected chi connectivity index (χ4v) is 7.14. The number of benzene rings is 3. The Balaban J connectivity index is 1.21. The number of aryl methyl sites for hydroxylation is 2. The maximum absolute atomic E-state index is 12.9. The van der Waals surface area contributed by atoms with Crippen LogP contribution in [0.3, 0.4) is 0 Å². The molecule has 5 aromatic rings. The number of aromatic nitrogens is 2. The second kappa shape index (κ2) is 17.0. The number of aromatic hydroxyl groups is 1. The maximum Gasteiger partial charge on any atom is 0.337 e. The third-order valence-electron chi connectivity index (χ3n) is 10.1. The lowest BCUT2D eigenvalue weighted by atomic mass is 9.92. The monoisotopic (exact) mass is 749 g/mol. The minimum atomic E-state index is -1.20. The predicted molar refractivity (Wildman–Crippen MR) is 216 cm³/mol. The van der Waals surface area contributed by atoms with Gasteiger partial charge in [-0.1, -0.05) is 60.7 Å². The molecule has 292 valence electrons. The van der Waals surface area contributed by atoms with Crippen LogP contribution >= 0.6 is 0 Å². The number of aliphatic carboxylic acids is 1. The number of phenols is 1. The van der Waals surface area contributed by atoms with Crippen LogP contribution in [-0.4, -0.2) is 75.8 Å². The molecule has 0 aliphatic carbocycles. The first-order valence-electron chi connectivity index (χ1n) is 19.2. The number of carboxylic acids is 1. The summed E-state index contributed by atoms with van der Waals surface area (Å²) in [6.45, 7) is 16.9. The van der Waals surface area contributed by atoms with Crippen molar-refractivity contribution in [3.8, 4) is 28.1 Å². The second-order valence-corrected chi connectivity index (χ2v) is 15.9. The van der Waals surface area contributed by atoms with Gasteiger partial charge in [0.1, 0.15) is 17.2 Å². The van der Waals surface area contributed by atoms with Gasteiger partial charge in [-0.15, -0.1) is 0 Å². The number of phenolic OH excluding ortho intramolecular Hbond substituents is 1. The van der Waals surface area contributed by atoms with E-state index in [0.29, 0.717) is 50.7 Å². The fraction of sp³-hybridized carbons (Fsp3) is 0.422. The van der Waals surface area contributed by atoms with Crippen LogP contribution in [0.4, 0.5) is 5.82 Å². The first-order valence-corrected chi connectivity index (χ1v) is 19.2. The third-order valence-corrected chi connectivity index (χ3v) is 10.1. The molecular formula is C45H55N3O7. The van der Waals surface area contributed by atoms with E-state index in [9.17, 15) is 15.0 Å². The number of anilines is 1. The van der Waals surface area contributed by atoms with Gasteiger partial charge < -0.3 is 34.1 Å². The smallest absolute Gasteiger partial charge is 0.337 e. The predicted octanol–water partition coefficient (Wildman–Crippen LogP) is 8.93. The standard InChI is InChI=1S/C45H55N3O7/c1-30-16-17-36(38(49)24-30)34-14-11-15-35(26-34)37-27-48-39(46-37)25-31(2)40(41(43(50)51)55-44(4,5)6)42(48)47-20-18-45(7,19-21-47)54-23-22-52-28-32(3)53-29-33-12-9-8-10-13-33/h8-17,24-27,32,41,49H,18-23,28-29H2,1-7H3,(H,50,51). The summed E-state index contributed by atoms with van der Waals surface area (Å²) in [6, 6.07) is 25.7. The quantitative estimate of drug-likeness (QED) is 0.101. The molecule has 1 aliphatic rings. The van der Waals surface area contributed by atoms with Gasteiger partial charge in [0.05, 0.1) is 49.4 Å². The number of imidazole rings is 1. The van der Waals surface area contributed by atoms with E-state index in [-0.39, 0.29) is 17.5 Å². The molecule has 10 heteroatoms. The molecule has 0 amide bonds. The molecule has 1 aliphatic heterocycles. The lowest BCUT2D eigenvalue weighted by Crippen LogP contribution is -2.46. The number of rotatable bonds is 15. The number of piperidine rings is 1. The van der Waals surface area contributed by atoms with Crippen LogP contribution in [0.1, 0.15) is 75.8 Å². The summed E-state index contributed by atoms with van der Waals surface area (Å²) in [7, 11) is 0. The van der Waals surface area contributed by atoms with E-state index in [1.54, 1.807) is 6.07 Å². The van der Waals surface area contributed by atoms with Crippen LogP contribution in [0.5, 0.6) is 5.75 Å². The normalized spacial score (nSPS) is 15.7. The number of pyridine rings is 1. The molecule has 2 N–H and O–H groups in total. The zero-order valence-electron chi connectivity index (χ0n) is 33.2. The molecule has 55 heavy (non-hydrogen) atoms. The molecule has 0 saturated carbocycles. The maximum atomic E-state index is 12.9. The number of ether oxygens (including phenoxy) is 4. The van der Waals surface area contributed by atoms with Crippen LogP contribution in [0.15, 0.2) is 85.1 Å². The zero-order chi connectivity index (χ0) is 39.3. The molecule has 1 saturated heterocycles. The Morgan fingerprint density at radius 2 is 1.67 bits per heavy atom. The molecule has 0 spiro atoms. The van der Waals surface area contributed by atoms with Crippen LogP contribution in [0.2, 0.25) is 0 Å². The van der Waals surface area contributed by atoms with Gasteiger partial charge in [-0.05, 0) is 102 Å². The van der Waals surface area contributed by atoms with E-state index in [1.165, 1.54) is 0 Å². The summed E-state index contributed by atoms with van der Waals surface area (Å²) < 4.78 is 26.5. The molecule has 2 aromatic heterocycles. The van der Waals surface area contributed by atoms with E-state index < -0.39 is 17.7 Å². The molecule has 1 fully saturated rings. The molecule has 3 aromatic carbocycles. The van der Waals surface area contributed by atoms with E-state index in [2.05, 4.69) is 11.8 Å². The number of hydrogen-bond donors (Lipinski definition) is 2. The van der Waals surface area contributed by atoms with Gasteiger partial charge in [-0.2, -0.15) is 0 Å². The highest BCUT2D eigenvalue weighted by Crippen LogP contribution is 2.40. The highest BCUT2D eigenvalue weighted by molar-refractivity contribution is 5.80. The average molecular weight is 750 g/mol. The van der Waals surface area contributed by atoms with Crippen molar-refractivity contribution in [2.75, 3.05) is 37.8 Å². The van der Waals surface area contributed by atoms with Gasteiger partial charge in [0.25, 0.3) is 0 Å². The summed E-state index contributed by atoms with van der Waals surface area (Å²) in [4.78, 5) is 20.2. The summed E-state index contributed by atoms with van der Waals surface area (Å²) in [5, 5.41) is 21.3. The lowest BCUT2D eigenvalue weighted by molar-refractivity contribution is -0.160. The molecule has 2 unspecified atom stereocenters. The topological polar surface area (TPSA) is 115 Å². The van der Waals surface area contributed by atoms with Crippen molar-refractivity contribution in [2.45, 2.75) is 91.3 Å². The minimum Gasteiger partial charge on any atom is -0.507 e. The number of nitrogens with zero attached hydrogens (tertiary/aromatic N) is 3. The first-order chi connectivity index (χ1) is 26.2. The van der Waals surface area contributed by atoms with Crippen LogP contribution in [0.25, 0.3) is 28.0 Å². The summed E-state index contributed by atoms with van der Waals surface area (Å²) in [5.41, 5.74) is 6.39. The Hall–Kier alpha value is -4.74. The van der Waals surface area contributed by atoms with Gasteiger partial charge in [0, 0.05) is 36.0 Å². The Labute approximate surface area is 324 Å². The van der Waals surface area contributed by atoms with Gasteiger partial charge in [-0.3, -0.25) is 4.40 Å². The Bertz CT molecular complexity index is 2080. The molecule has 6 rings (SSSR count). The van der Waals surface area contributed by atoms with Crippen molar-refractivity contribution in [1.82, 2.24) is 9.38 Å². The Morgan fingerprint density at radius 3 is 2.36 bits per heavy atom. The molecule has 0 radical (unpaired) electrons. The van der Waals surface area contributed by atoms with Crippen LogP contribution in [-0.2, 0) is 30.3 Å². The van der Waals surface area contributed by atoms with Crippen molar-refractivity contribution in [2.24, 2.45) is 0 Å². The highest BCUT2D eigenvalue weighted by Gasteiger charge is 2.37. The summed E-state index contributed by atoms with van der Waals surface area (Å²) >= 11 is 0. The van der Waals surface area contributed by atoms with Crippen molar-refractivity contribution in [3.63, 3.8) is 0 Å². The number of carbonyl (C=O) groups is 1. The number of carboxylic acid groups (broad SMARTS) is 1. The Kier molecular flexibility index (Phi) is 12.3. The third kappa shape index (κ3) is 9.93. The number of fused-ring (bicyclic) bond motifs is 1. The van der Waals surface area contributed by atoms with Gasteiger partial charge in [-0.25, -0.2) is 9.78 Å². The van der Waals surface area contributed by atoms with Crippen LogP contribution in [0, 0.1) is 13.8 Å². The molecule has 10 nitrogen and oxygen atoms in total. The molecular weight excluding hydrogens is 695 g/mol. The molecule has 3 heterocycles. The fourth-order valence-electron chi connectivity index (χ4n) is 7.14. The zero-order valence-corrected chi connectivity index (χ0v) is 33.2. The van der Waals surface area contributed by atoms with E-state index >= 15 is 0 Å². The van der Waals surface area contributed by atoms with Crippen molar-refractivity contribution in [3.05, 3.63) is 107 Å². The first kappa shape index (κ1) is 39.9. The van der Waals surface area contributed by atoms with Crippen molar-refractivity contribution < 1.29 is 34.0 Å². The van der Waals surface area contributed by atoms with Gasteiger partial charge in [0.15, 0.2) is 6.10 Å². The molecule has 0 bridgehead atoms. The molecule has 2 atom stereocenters. The summed E-state index contributed by atoms with van der Waals surface area (Å²) in [5.74, 6) is -0.0669. The lowest BCUT2D eigenvalue weighted by Gasteiger charge is -2.41. The van der Waals surface area contributed by atoms with Gasteiger partial charge in [0.2, 0.25) is 0 Å². The second-order valence-electron chi connectivity index (χ2n) is 15.9. The van der Waals surface area contributed by atoms with Gasteiger partial charge >= 0.3 is 5.97 Å².